The third kappa shape index (κ3) is 3.53. The number of rotatable bonds is 5. The SMILES string of the molecule is COc1nc(N(C)C)sc1CNc1cnc(Cl)c(Br)c1. The Morgan fingerprint density at radius 1 is 1.50 bits per heavy atom. The molecule has 0 atom stereocenters. The first-order chi connectivity index (χ1) is 9.51. The van der Waals surface area contributed by atoms with Gasteiger partial charge in [-0.3, -0.25) is 0 Å². The molecule has 0 unspecified atom stereocenters. The lowest BCUT2D eigenvalue weighted by Crippen LogP contribution is -2.07. The normalized spacial score (nSPS) is 10.4. The number of aromatic nitrogens is 2. The monoisotopic (exact) mass is 376 g/mol. The standard InChI is InChI=1S/C12H14BrClN4OS/c1-18(2)12-17-11(19-3)9(20-12)6-15-7-4-8(13)10(14)16-5-7/h4-5,15H,6H2,1-3H3. The van der Waals surface area contributed by atoms with Crippen molar-refractivity contribution in [1.82, 2.24) is 9.97 Å². The molecule has 0 saturated heterocycles. The van der Waals surface area contributed by atoms with Crippen LogP contribution in [0.5, 0.6) is 5.88 Å². The topological polar surface area (TPSA) is 50.3 Å². The van der Waals surface area contributed by atoms with Crippen LogP contribution in [0.1, 0.15) is 4.88 Å². The number of methoxy groups -OCH3 is 1. The highest BCUT2D eigenvalue weighted by Crippen LogP contribution is 2.31. The van der Waals surface area contributed by atoms with E-state index in [2.05, 4.69) is 31.2 Å². The molecule has 1 N–H and O–H groups in total. The second kappa shape index (κ2) is 6.60. The first-order valence-corrected chi connectivity index (χ1v) is 7.76. The Bertz CT molecular complexity index is 605. The predicted octanol–water partition coefficient (Wildman–Crippen LogP) is 3.64. The molecule has 0 amide bonds. The molecule has 8 heteroatoms. The molecule has 108 valence electrons. The van der Waals surface area contributed by atoms with E-state index < -0.39 is 0 Å². The van der Waals surface area contributed by atoms with Crippen LogP contribution < -0.4 is 15.0 Å². The van der Waals surface area contributed by atoms with Crippen molar-refractivity contribution < 1.29 is 4.74 Å². The first-order valence-electron chi connectivity index (χ1n) is 5.77. The summed E-state index contributed by atoms with van der Waals surface area (Å²) in [6, 6.07) is 1.88. The highest BCUT2D eigenvalue weighted by Gasteiger charge is 2.13. The Morgan fingerprint density at radius 3 is 2.85 bits per heavy atom. The number of nitrogens with zero attached hydrogens (tertiary/aromatic N) is 3. The van der Waals surface area contributed by atoms with E-state index in [1.165, 1.54) is 0 Å². The van der Waals surface area contributed by atoms with E-state index in [0.29, 0.717) is 17.6 Å². The van der Waals surface area contributed by atoms with Crippen molar-refractivity contribution in [2.75, 3.05) is 31.4 Å². The predicted molar refractivity (Wildman–Crippen MR) is 87.3 cm³/mol. The minimum atomic E-state index is 0.445. The summed E-state index contributed by atoms with van der Waals surface area (Å²) in [6.07, 6.45) is 1.69. The molecule has 0 aliphatic heterocycles. The number of hydrogen-bond donors (Lipinski definition) is 1. The van der Waals surface area contributed by atoms with Crippen molar-refractivity contribution in [3.8, 4) is 5.88 Å². The van der Waals surface area contributed by atoms with Crippen LogP contribution >= 0.6 is 38.9 Å². The van der Waals surface area contributed by atoms with Crippen LogP contribution in [0.4, 0.5) is 10.8 Å². The maximum atomic E-state index is 5.86. The minimum Gasteiger partial charge on any atom is -0.480 e. The molecule has 5 nitrogen and oxygen atoms in total. The summed E-state index contributed by atoms with van der Waals surface area (Å²) >= 11 is 10.8. The fourth-order valence-electron chi connectivity index (χ4n) is 1.49. The molecular weight excluding hydrogens is 364 g/mol. The van der Waals surface area contributed by atoms with Gasteiger partial charge in [0.25, 0.3) is 0 Å². The number of anilines is 2. The molecule has 20 heavy (non-hydrogen) atoms. The van der Waals surface area contributed by atoms with Gasteiger partial charge >= 0.3 is 0 Å². The van der Waals surface area contributed by atoms with Crippen LogP contribution in [0, 0.1) is 0 Å². The maximum Gasteiger partial charge on any atom is 0.231 e. The van der Waals surface area contributed by atoms with Crippen molar-refractivity contribution in [1.29, 1.82) is 0 Å². The van der Waals surface area contributed by atoms with Crippen molar-refractivity contribution in [3.05, 3.63) is 26.8 Å². The Morgan fingerprint density at radius 2 is 2.25 bits per heavy atom. The molecule has 0 radical (unpaired) electrons. The van der Waals surface area contributed by atoms with E-state index in [1.807, 2.05) is 25.1 Å². The van der Waals surface area contributed by atoms with E-state index in [-0.39, 0.29) is 0 Å². The van der Waals surface area contributed by atoms with E-state index >= 15 is 0 Å². The van der Waals surface area contributed by atoms with Gasteiger partial charge in [0.05, 0.1) is 34.9 Å². The summed E-state index contributed by atoms with van der Waals surface area (Å²) in [5.41, 5.74) is 0.878. The number of ether oxygens (including phenoxy) is 1. The van der Waals surface area contributed by atoms with Crippen molar-refractivity contribution >= 4 is 49.7 Å². The first kappa shape index (κ1) is 15.3. The van der Waals surface area contributed by atoms with Crippen molar-refractivity contribution in [2.24, 2.45) is 0 Å². The van der Waals surface area contributed by atoms with Gasteiger partial charge in [0.1, 0.15) is 5.15 Å². The zero-order valence-corrected chi connectivity index (χ0v) is 14.4. The molecule has 2 aromatic rings. The van der Waals surface area contributed by atoms with Crippen LogP contribution in [0.25, 0.3) is 0 Å². The van der Waals surface area contributed by atoms with Gasteiger partial charge in [0.2, 0.25) is 5.88 Å². The fraction of sp³-hybridized carbons (Fsp3) is 0.333. The molecule has 0 spiro atoms. The Balaban J connectivity index is 2.11. The van der Waals surface area contributed by atoms with Crippen molar-refractivity contribution in [2.45, 2.75) is 6.54 Å². The van der Waals surface area contributed by atoms with Crippen LogP contribution in [0.2, 0.25) is 5.15 Å². The molecule has 0 aliphatic rings. The van der Waals surface area contributed by atoms with Gasteiger partial charge in [-0.2, -0.15) is 4.98 Å². The Labute approximate surface area is 135 Å². The fourth-order valence-corrected chi connectivity index (χ4v) is 2.83. The summed E-state index contributed by atoms with van der Waals surface area (Å²) in [5.74, 6) is 0.646. The van der Waals surface area contributed by atoms with Gasteiger partial charge in [-0.25, -0.2) is 4.98 Å². The third-order valence-electron chi connectivity index (χ3n) is 2.48. The zero-order chi connectivity index (χ0) is 14.7. The number of halogens is 2. The molecule has 2 heterocycles. The van der Waals surface area contributed by atoms with Gasteiger partial charge in [0.15, 0.2) is 5.13 Å². The average molecular weight is 378 g/mol. The lowest BCUT2D eigenvalue weighted by atomic mass is 10.4. The van der Waals surface area contributed by atoms with E-state index in [0.717, 1.165) is 20.2 Å². The van der Waals surface area contributed by atoms with Crippen LogP contribution in [-0.2, 0) is 6.54 Å². The van der Waals surface area contributed by atoms with Gasteiger partial charge in [-0.05, 0) is 22.0 Å². The number of thiazole rings is 1. The van der Waals surface area contributed by atoms with Crippen LogP contribution in [0.15, 0.2) is 16.7 Å². The number of hydrogen-bond acceptors (Lipinski definition) is 6. The Kier molecular flexibility index (Phi) is 5.06. The Hall–Kier alpha value is -1.05. The van der Waals surface area contributed by atoms with E-state index in [1.54, 1.807) is 24.6 Å². The summed E-state index contributed by atoms with van der Waals surface area (Å²) in [7, 11) is 5.53. The van der Waals surface area contributed by atoms with Gasteiger partial charge in [-0.1, -0.05) is 22.9 Å². The van der Waals surface area contributed by atoms with Crippen LogP contribution in [0.3, 0.4) is 0 Å². The highest BCUT2D eigenvalue weighted by atomic mass is 79.9. The van der Waals surface area contributed by atoms with Gasteiger partial charge in [-0.15, -0.1) is 0 Å². The lowest BCUT2D eigenvalue weighted by Gasteiger charge is -2.06. The second-order valence-corrected chi connectivity index (χ2v) is 6.45. The molecule has 0 saturated carbocycles. The molecule has 2 rings (SSSR count). The van der Waals surface area contributed by atoms with Gasteiger partial charge in [0, 0.05) is 14.1 Å². The molecule has 0 bridgehead atoms. The largest absolute Gasteiger partial charge is 0.480 e. The third-order valence-corrected chi connectivity index (χ3v) is 4.81. The summed E-state index contributed by atoms with van der Waals surface area (Å²) < 4.78 is 6.05. The smallest absolute Gasteiger partial charge is 0.231 e. The lowest BCUT2D eigenvalue weighted by molar-refractivity contribution is 0.397. The minimum absolute atomic E-state index is 0.445. The molecule has 0 aromatic carbocycles. The van der Waals surface area contributed by atoms with Gasteiger partial charge < -0.3 is 15.0 Å². The molecule has 0 fully saturated rings. The van der Waals surface area contributed by atoms with Crippen molar-refractivity contribution in [3.63, 3.8) is 0 Å². The summed E-state index contributed by atoms with van der Waals surface area (Å²) in [6.45, 7) is 0.616. The molecule has 2 aromatic heterocycles. The summed E-state index contributed by atoms with van der Waals surface area (Å²) in [5, 5.41) is 4.63. The number of pyridine rings is 1. The molecule has 0 aliphatic carbocycles. The maximum absolute atomic E-state index is 5.86. The number of nitrogens with one attached hydrogen (secondary N) is 1. The average Bonchev–Trinajstić information content (AvgIpc) is 2.83. The van der Waals surface area contributed by atoms with E-state index in [9.17, 15) is 0 Å². The second-order valence-electron chi connectivity index (χ2n) is 4.17. The molecular formula is C12H14BrClN4OS. The quantitative estimate of drug-likeness (QED) is 0.806. The van der Waals surface area contributed by atoms with E-state index in [4.69, 9.17) is 16.3 Å². The zero-order valence-electron chi connectivity index (χ0n) is 11.3. The van der Waals surface area contributed by atoms with Crippen LogP contribution in [-0.4, -0.2) is 31.2 Å². The highest BCUT2D eigenvalue weighted by molar-refractivity contribution is 9.10. The summed E-state index contributed by atoms with van der Waals surface area (Å²) in [4.78, 5) is 11.5.